The highest BCUT2D eigenvalue weighted by Crippen LogP contribution is 2.36. The number of carbonyl (C=O) groups is 2. The Balaban J connectivity index is 1.89. The molecule has 0 saturated carbocycles. The molecular weight excluding hydrogens is 408 g/mol. The molecule has 3 aromatic rings. The highest BCUT2D eigenvalue weighted by molar-refractivity contribution is 6.46. The fraction of sp³-hybridized carbons (Fsp3) is 0.154. The van der Waals surface area contributed by atoms with Crippen LogP contribution in [-0.2, 0) is 9.59 Å². The Kier molecular flexibility index (Phi) is 5.42. The lowest BCUT2D eigenvalue weighted by Gasteiger charge is -2.16. The average Bonchev–Trinajstić information content (AvgIpc) is 2.95. The van der Waals surface area contributed by atoms with Crippen LogP contribution >= 0.6 is 11.6 Å². The van der Waals surface area contributed by atoms with Crippen molar-refractivity contribution in [3.8, 4) is 0 Å². The van der Waals surface area contributed by atoms with Crippen molar-refractivity contribution >= 4 is 40.4 Å². The molecule has 2 amide bonds. The van der Waals surface area contributed by atoms with Crippen LogP contribution in [0.25, 0.3) is 5.57 Å². The Bertz CT molecular complexity index is 1260. The number of halogens is 1. The molecule has 156 valence electrons. The third-order valence-electron chi connectivity index (χ3n) is 5.52. The van der Waals surface area contributed by atoms with E-state index in [1.165, 1.54) is 4.90 Å². The number of imide groups is 1. The average molecular weight is 431 g/mol. The lowest BCUT2D eigenvalue weighted by atomic mass is 9.97. The summed E-state index contributed by atoms with van der Waals surface area (Å²) < 4.78 is 0. The fourth-order valence-electron chi connectivity index (χ4n) is 3.87. The molecule has 1 aliphatic rings. The van der Waals surface area contributed by atoms with E-state index in [1.807, 2.05) is 76.2 Å². The lowest BCUT2D eigenvalue weighted by Crippen LogP contribution is -2.32. The van der Waals surface area contributed by atoms with E-state index >= 15 is 0 Å². The Morgan fingerprint density at radius 2 is 1.52 bits per heavy atom. The molecule has 0 aromatic heterocycles. The number of hydrogen-bond donors (Lipinski definition) is 1. The molecule has 0 fully saturated rings. The molecule has 0 spiro atoms. The molecule has 5 heteroatoms. The van der Waals surface area contributed by atoms with Crippen LogP contribution in [-0.4, -0.2) is 11.8 Å². The Morgan fingerprint density at radius 3 is 2.23 bits per heavy atom. The molecule has 0 aliphatic carbocycles. The molecule has 0 atom stereocenters. The van der Waals surface area contributed by atoms with Gasteiger partial charge in [-0.25, -0.2) is 4.90 Å². The van der Waals surface area contributed by atoms with Gasteiger partial charge in [-0.15, -0.1) is 0 Å². The number of nitrogens with one attached hydrogen (secondary N) is 1. The molecule has 0 saturated heterocycles. The van der Waals surface area contributed by atoms with Crippen LogP contribution in [0.4, 0.5) is 11.4 Å². The van der Waals surface area contributed by atoms with E-state index in [0.29, 0.717) is 22.0 Å². The minimum atomic E-state index is -0.384. The topological polar surface area (TPSA) is 49.4 Å². The molecule has 4 nitrogen and oxygen atoms in total. The highest BCUT2D eigenvalue weighted by atomic mass is 35.5. The molecule has 0 radical (unpaired) electrons. The van der Waals surface area contributed by atoms with E-state index in [9.17, 15) is 9.59 Å². The summed E-state index contributed by atoms with van der Waals surface area (Å²) >= 11 is 6.28. The van der Waals surface area contributed by atoms with Crippen LogP contribution in [0.15, 0.2) is 66.4 Å². The minimum Gasteiger partial charge on any atom is -0.350 e. The van der Waals surface area contributed by atoms with Gasteiger partial charge in [0.1, 0.15) is 5.70 Å². The van der Waals surface area contributed by atoms with Gasteiger partial charge in [0.15, 0.2) is 0 Å². The summed E-state index contributed by atoms with van der Waals surface area (Å²) in [6, 6.07) is 18.7. The van der Waals surface area contributed by atoms with Gasteiger partial charge in [-0.1, -0.05) is 53.6 Å². The van der Waals surface area contributed by atoms with Gasteiger partial charge in [-0.2, -0.15) is 0 Å². The van der Waals surface area contributed by atoms with Crippen LogP contribution in [0.3, 0.4) is 0 Å². The molecule has 1 N–H and O–H groups in total. The normalized spacial score (nSPS) is 13.9. The van der Waals surface area contributed by atoms with Crippen molar-refractivity contribution < 1.29 is 9.59 Å². The second kappa shape index (κ2) is 8.05. The third-order valence-corrected chi connectivity index (χ3v) is 5.93. The predicted molar refractivity (Wildman–Crippen MR) is 126 cm³/mol. The summed E-state index contributed by atoms with van der Waals surface area (Å²) in [5.74, 6) is -0.727. The van der Waals surface area contributed by atoms with E-state index in [0.717, 1.165) is 27.8 Å². The SMILES string of the molecule is Cc1cccc(N2C(=O)C(Nc3cccc(Cl)c3C)=C(c3ccc(C)cc3C)C2=O)c1. The monoisotopic (exact) mass is 430 g/mol. The van der Waals surface area contributed by atoms with E-state index in [1.54, 1.807) is 12.1 Å². The largest absolute Gasteiger partial charge is 0.350 e. The molecule has 1 aliphatic heterocycles. The zero-order valence-electron chi connectivity index (χ0n) is 17.9. The first-order valence-electron chi connectivity index (χ1n) is 10.1. The van der Waals surface area contributed by atoms with Crippen LogP contribution < -0.4 is 10.2 Å². The zero-order chi connectivity index (χ0) is 22.3. The second-order valence-corrected chi connectivity index (χ2v) is 8.30. The quantitative estimate of drug-likeness (QED) is 0.518. The number of benzene rings is 3. The van der Waals surface area contributed by atoms with Crippen LogP contribution in [0, 0.1) is 27.7 Å². The van der Waals surface area contributed by atoms with Gasteiger partial charge in [-0.3, -0.25) is 9.59 Å². The number of rotatable bonds is 4. The Labute approximate surface area is 187 Å². The van der Waals surface area contributed by atoms with Crippen LogP contribution in [0.1, 0.15) is 27.8 Å². The van der Waals surface area contributed by atoms with Gasteiger partial charge in [-0.05, 0) is 74.2 Å². The number of amides is 2. The molecule has 3 aromatic carbocycles. The second-order valence-electron chi connectivity index (χ2n) is 7.89. The summed E-state index contributed by atoms with van der Waals surface area (Å²) in [4.78, 5) is 28.4. The summed E-state index contributed by atoms with van der Waals surface area (Å²) in [7, 11) is 0. The summed E-state index contributed by atoms with van der Waals surface area (Å²) in [5, 5.41) is 3.81. The maximum absolute atomic E-state index is 13.6. The summed E-state index contributed by atoms with van der Waals surface area (Å²) in [5.41, 5.74) is 6.41. The number of anilines is 2. The molecule has 31 heavy (non-hydrogen) atoms. The highest BCUT2D eigenvalue weighted by Gasteiger charge is 2.40. The van der Waals surface area contributed by atoms with Gasteiger partial charge >= 0.3 is 0 Å². The first-order valence-corrected chi connectivity index (χ1v) is 10.4. The van der Waals surface area contributed by atoms with Crippen molar-refractivity contribution in [2.45, 2.75) is 27.7 Å². The minimum absolute atomic E-state index is 0.254. The van der Waals surface area contributed by atoms with Crippen molar-refractivity contribution in [1.29, 1.82) is 0 Å². The Hall–Kier alpha value is -3.37. The van der Waals surface area contributed by atoms with Crippen molar-refractivity contribution in [3.63, 3.8) is 0 Å². The lowest BCUT2D eigenvalue weighted by molar-refractivity contribution is -0.120. The maximum atomic E-state index is 13.6. The van der Waals surface area contributed by atoms with Crippen molar-refractivity contribution in [2.75, 3.05) is 10.2 Å². The third kappa shape index (κ3) is 3.75. The number of aryl methyl sites for hydroxylation is 3. The van der Waals surface area contributed by atoms with E-state index in [4.69, 9.17) is 11.6 Å². The predicted octanol–water partition coefficient (Wildman–Crippen LogP) is 5.97. The van der Waals surface area contributed by atoms with Crippen molar-refractivity contribution in [1.82, 2.24) is 0 Å². The van der Waals surface area contributed by atoms with E-state index in [-0.39, 0.29) is 17.5 Å². The number of nitrogens with zero attached hydrogens (tertiary/aromatic N) is 1. The van der Waals surface area contributed by atoms with Gasteiger partial charge in [0.2, 0.25) is 0 Å². The maximum Gasteiger partial charge on any atom is 0.282 e. The molecular formula is C26H23ClN2O2. The molecule has 4 rings (SSSR count). The van der Waals surface area contributed by atoms with Gasteiger partial charge in [0.05, 0.1) is 11.3 Å². The van der Waals surface area contributed by atoms with Crippen molar-refractivity contribution in [2.24, 2.45) is 0 Å². The van der Waals surface area contributed by atoms with Crippen LogP contribution in [0.5, 0.6) is 0 Å². The van der Waals surface area contributed by atoms with Crippen LogP contribution in [0.2, 0.25) is 5.02 Å². The first kappa shape index (κ1) is 20.9. The molecule has 0 bridgehead atoms. The summed E-state index contributed by atoms with van der Waals surface area (Å²) in [6.45, 7) is 7.76. The standard InChI is InChI=1S/C26H23ClN2O2/c1-15-7-5-8-19(14-15)29-25(30)23(20-12-11-16(2)13-17(20)3)24(26(29)31)28-22-10-6-9-21(27)18(22)4/h5-14,28H,1-4H3. The summed E-state index contributed by atoms with van der Waals surface area (Å²) in [6.07, 6.45) is 0. The molecule has 0 unspecified atom stereocenters. The number of hydrogen-bond acceptors (Lipinski definition) is 3. The molecule has 1 heterocycles. The Morgan fingerprint density at radius 1 is 0.806 bits per heavy atom. The van der Waals surface area contributed by atoms with Gasteiger partial charge < -0.3 is 5.32 Å². The first-order chi connectivity index (χ1) is 14.8. The number of carbonyl (C=O) groups excluding carboxylic acids is 2. The van der Waals surface area contributed by atoms with E-state index in [2.05, 4.69) is 5.32 Å². The van der Waals surface area contributed by atoms with Crippen molar-refractivity contribution in [3.05, 3.63) is 99.2 Å². The smallest absolute Gasteiger partial charge is 0.282 e. The van der Waals surface area contributed by atoms with Gasteiger partial charge in [0.25, 0.3) is 11.8 Å². The fourth-order valence-corrected chi connectivity index (χ4v) is 4.04. The van der Waals surface area contributed by atoms with E-state index < -0.39 is 0 Å². The zero-order valence-corrected chi connectivity index (χ0v) is 18.7. The van der Waals surface area contributed by atoms with Gasteiger partial charge in [0, 0.05) is 10.7 Å².